The van der Waals surface area contributed by atoms with Crippen molar-refractivity contribution in [2.75, 3.05) is 0 Å². The smallest absolute Gasteiger partial charge is 0.321 e. The van der Waals surface area contributed by atoms with Gasteiger partial charge in [-0.25, -0.2) is 4.98 Å². The molecule has 5 heteroatoms. The van der Waals surface area contributed by atoms with Gasteiger partial charge in [0.15, 0.2) is 0 Å². The molecule has 2 nitrogen and oxygen atoms in total. The summed E-state index contributed by atoms with van der Waals surface area (Å²) in [6.45, 7) is 3.40. The van der Waals surface area contributed by atoms with Crippen LogP contribution in [0.3, 0.4) is 0 Å². The van der Waals surface area contributed by atoms with Crippen LogP contribution in [-0.4, -0.2) is 15.7 Å². The standard InChI is InChI=1S/C15H17F3N2/c1-9(2)11-6-12(11)10-3-4-13-14(5-10)20(8-19-13)7-15(16,17)18/h3-5,8-9,11-12H,6-7H2,1-2H3/t11-,12-/m1/s1. The van der Waals surface area contributed by atoms with Crippen molar-refractivity contribution in [1.82, 2.24) is 9.55 Å². The molecule has 0 aliphatic heterocycles. The van der Waals surface area contributed by atoms with E-state index < -0.39 is 12.7 Å². The summed E-state index contributed by atoms with van der Waals surface area (Å²) >= 11 is 0. The highest BCUT2D eigenvalue weighted by Gasteiger charge is 2.40. The molecule has 1 heterocycles. The fourth-order valence-electron chi connectivity index (χ4n) is 2.96. The lowest BCUT2D eigenvalue weighted by atomic mass is 10.0. The predicted molar refractivity (Wildman–Crippen MR) is 71.5 cm³/mol. The Labute approximate surface area is 115 Å². The summed E-state index contributed by atoms with van der Waals surface area (Å²) in [6, 6.07) is 5.70. The van der Waals surface area contributed by atoms with Crippen molar-refractivity contribution in [3.63, 3.8) is 0 Å². The highest BCUT2D eigenvalue weighted by Crippen LogP contribution is 2.51. The summed E-state index contributed by atoms with van der Waals surface area (Å²) in [5, 5.41) is 0. The monoisotopic (exact) mass is 282 g/mol. The molecule has 1 fully saturated rings. The van der Waals surface area contributed by atoms with Crippen molar-refractivity contribution in [2.45, 2.75) is 38.9 Å². The largest absolute Gasteiger partial charge is 0.406 e. The van der Waals surface area contributed by atoms with Crippen molar-refractivity contribution in [3.05, 3.63) is 30.1 Å². The van der Waals surface area contributed by atoms with Crippen molar-refractivity contribution in [1.29, 1.82) is 0 Å². The molecule has 1 saturated carbocycles. The van der Waals surface area contributed by atoms with Crippen LogP contribution >= 0.6 is 0 Å². The predicted octanol–water partition coefficient (Wildman–Crippen LogP) is 4.36. The Hall–Kier alpha value is -1.52. The van der Waals surface area contributed by atoms with Crippen LogP contribution in [0.4, 0.5) is 13.2 Å². The van der Waals surface area contributed by atoms with Gasteiger partial charge in [-0.15, -0.1) is 0 Å². The van der Waals surface area contributed by atoms with Gasteiger partial charge in [-0.1, -0.05) is 19.9 Å². The highest BCUT2D eigenvalue weighted by atomic mass is 19.4. The molecule has 1 aliphatic rings. The first-order valence-electron chi connectivity index (χ1n) is 6.86. The van der Waals surface area contributed by atoms with E-state index in [1.165, 1.54) is 10.9 Å². The maximum absolute atomic E-state index is 12.5. The Morgan fingerprint density at radius 1 is 1.35 bits per heavy atom. The quantitative estimate of drug-likeness (QED) is 0.818. The van der Waals surface area contributed by atoms with Crippen LogP contribution in [0.1, 0.15) is 31.7 Å². The molecule has 1 aromatic heterocycles. The van der Waals surface area contributed by atoms with E-state index in [-0.39, 0.29) is 0 Å². The third-order valence-electron chi connectivity index (χ3n) is 4.12. The second-order valence-corrected chi connectivity index (χ2v) is 5.99. The fraction of sp³-hybridized carbons (Fsp3) is 0.533. The van der Waals surface area contributed by atoms with Gasteiger partial charge in [0.25, 0.3) is 0 Å². The van der Waals surface area contributed by atoms with Gasteiger partial charge < -0.3 is 4.57 Å². The lowest BCUT2D eigenvalue weighted by molar-refractivity contribution is -0.139. The van der Waals surface area contributed by atoms with Crippen LogP contribution in [0.2, 0.25) is 0 Å². The Morgan fingerprint density at radius 2 is 2.10 bits per heavy atom. The third-order valence-corrected chi connectivity index (χ3v) is 4.12. The van der Waals surface area contributed by atoms with Gasteiger partial charge in [0.1, 0.15) is 6.54 Å². The summed E-state index contributed by atoms with van der Waals surface area (Å²) in [4.78, 5) is 4.04. The van der Waals surface area contributed by atoms with Gasteiger partial charge in [0, 0.05) is 0 Å². The van der Waals surface area contributed by atoms with Crippen LogP contribution in [0.25, 0.3) is 11.0 Å². The van der Waals surface area contributed by atoms with Gasteiger partial charge >= 0.3 is 6.18 Å². The molecular weight excluding hydrogens is 265 g/mol. The second-order valence-electron chi connectivity index (χ2n) is 5.99. The molecule has 0 radical (unpaired) electrons. The fourth-order valence-corrected chi connectivity index (χ4v) is 2.96. The number of nitrogens with zero attached hydrogens (tertiary/aromatic N) is 2. The molecule has 0 saturated heterocycles. The maximum atomic E-state index is 12.5. The minimum Gasteiger partial charge on any atom is -0.321 e. The highest BCUT2D eigenvalue weighted by molar-refractivity contribution is 5.76. The van der Waals surface area contributed by atoms with Gasteiger partial charge in [-0.3, -0.25) is 0 Å². The Morgan fingerprint density at radius 3 is 2.70 bits per heavy atom. The molecule has 20 heavy (non-hydrogen) atoms. The number of hydrogen-bond donors (Lipinski definition) is 0. The normalized spacial score (nSPS) is 22.7. The molecule has 0 N–H and O–H groups in total. The summed E-state index contributed by atoms with van der Waals surface area (Å²) in [5.74, 6) is 1.77. The molecule has 2 aromatic rings. The SMILES string of the molecule is CC(C)[C@H]1C[C@@H]1c1ccc2ncn(CC(F)(F)F)c2c1. The molecule has 2 atom stereocenters. The van der Waals surface area contributed by atoms with Crippen LogP contribution in [-0.2, 0) is 6.54 Å². The molecule has 0 amide bonds. The van der Waals surface area contributed by atoms with E-state index in [1.54, 1.807) is 0 Å². The maximum Gasteiger partial charge on any atom is 0.406 e. The van der Waals surface area contributed by atoms with Gasteiger partial charge in [0.2, 0.25) is 0 Å². The van der Waals surface area contributed by atoms with Gasteiger partial charge in [-0.05, 0) is 41.9 Å². The average molecular weight is 282 g/mol. The van der Waals surface area contributed by atoms with Gasteiger partial charge in [-0.2, -0.15) is 13.2 Å². The molecule has 1 aliphatic carbocycles. The second kappa shape index (κ2) is 4.50. The zero-order valence-corrected chi connectivity index (χ0v) is 11.5. The van der Waals surface area contributed by atoms with Gasteiger partial charge in [0.05, 0.1) is 17.4 Å². The van der Waals surface area contributed by atoms with Crippen LogP contribution in [0, 0.1) is 11.8 Å². The number of benzene rings is 1. The Bertz CT molecular complexity index is 628. The molecule has 1 aromatic carbocycles. The first-order valence-corrected chi connectivity index (χ1v) is 6.86. The third kappa shape index (κ3) is 2.53. The van der Waals surface area contributed by atoms with Crippen LogP contribution in [0.5, 0.6) is 0 Å². The first-order chi connectivity index (χ1) is 9.35. The number of aromatic nitrogens is 2. The Kier molecular flexibility index (Phi) is 3.03. The minimum atomic E-state index is -4.22. The van der Waals surface area contributed by atoms with E-state index >= 15 is 0 Å². The lowest BCUT2D eigenvalue weighted by Crippen LogP contribution is -2.16. The van der Waals surface area contributed by atoms with E-state index in [1.807, 2.05) is 18.2 Å². The molecule has 0 unspecified atom stereocenters. The molecule has 3 rings (SSSR count). The Balaban J connectivity index is 1.92. The molecular formula is C15H17F3N2. The van der Waals surface area contributed by atoms with Crippen LogP contribution < -0.4 is 0 Å². The van der Waals surface area contributed by atoms with E-state index in [2.05, 4.69) is 18.8 Å². The van der Waals surface area contributed by atoms with E-state index in [0.29, 0.717) is 28.8 Å². The van der Waals surface area contributed by atoms with E-state index in [0.717, 1.165) is 12.0 Å². The number of halogens is 3. The summed E-state index contributed by atoms with van der Waals surface area (Å²) < 4.78 is 38.8. The van der Waals surface area contributed by atoms with E-state index in [4.69, 9.17) is 0 Å². The molecule has 108 valence electrons. The van der Waals surface area contributed by atoms with E-state index in [9.17, 15) is 13.2 Å². The zero-order chi connectivity index (χ0) is 14.5. The summed E-state index contributed by atoms with van der Waals surface area (Å²) in [7, 11) is 0. The number of alkyl halides is 3. The zero-order valence-electron chi connectivity index (χ0n) is 11.5. The van der Waals surface area contributed by atoms with Crippen molar-refractivity contribution >= 4 is 11.0 Å². The summed E-state index contributed by atoms with van der Waals surface area (Å²) in [5.41, 5.74) is 2.34. The number of imidazole rings is 1. The molecule has 0 spiro atoms. The van der Waals surface area contributed by atoms with Crippen molar-refractivity contribution in [2.24, 2.45) is 11.8 Å². The topological polar surface area (TPSA) is 17.8 Å². The van der Waals surface area contributed by atoms with Crippen molar-refractivity contribution < 1.29 is 13.2 Å². The lowest BCUT2D eigenvalue weighted by Gasteiger charge is -2.09. The number of fused-ring (bicyclic) bond motifs is 1. The number of rotatable bonds is 3. The molecule has 0 bridgehead atoms. The van der Waals surface area contributed by atoms with Crippen molar-refractivity contribution in [3.8, 4) is 0 Å². The first kappa shape index (κ1) is 13.5. The summed E-state index contributed by atoms with van der Waals surface area (Å²) in [6.07, 6.45) is -1.81. The van der Waals surface area contributed by atoms with Crippen LogP contribution in [0.15, 0.2) is 24.5 Å². The minimum absolute atomic E-state index is 0.494. The number of hydrogen-bond acceptors (Lipinski definition) is 1. The average Bonchev–Trinajstić information content (AvgIpc) is 3.06.